The van der Waals surface area contributed by atoms with E-state index < -0.39 is 0 Å². The van der Waals surface area contributed by atoms with Crippen molar-refractivity contribution in [3.05, 3.63) is 57.9 Å². The second kappa shape index (κ2) is 7.02. The van der Waals surface area contributed by atoms with Gasteiger partial charge in [-0.1, -0.05) is 0 Å². The molecule has 142 valence electrons. The Morgan fingerprint density at radius 1 is 1.15 bits per heavy atom. The first-order valence-electron chi connectivity index (χ1n) is 9.17. The van der Waals surface area contributed by atoms with Crippen molar-refractivity contribution in [1.82, 2.24) is 29.3 Å². The van der Waals surface area contributed by atoms with Crippen molar-refractivity contribution in [1.29, 1.82) is 0 Å². The van der Waals surface area contributed by atoms with Crippen LogP contribution in [0.4, 0.5) is 0 Å². The predicted octanol–water partition coefficient (Wildman–Crippen LogP) is 1.21. The van der Waals surface area contributed by atoms with E-state index in [-0.39, 0.29) is 5.56 Å². The first-order valence-corrected chi connectivity index (χ1v) is 9.17. The van der Waals surface area contributed by atoms with Gasteiger partial charge in [0, 0.05) is 62.7 Å². The van der Waals surface area contributed by atoms with E-state index in [0.717, 1.165) is 24.2 Å². The standard InChI is InChI=1S/C19H24N6O2/c1-23-9-7-17(21-23)16-10-14(16)12-27-18-11-13(19(26)25(3)22-18)4-5-15-6-8-20-24(15)2/h6-9,11,14,16H,4-5,10,12H2,1-3H3/t14-,16+/m1/s1. The van der Waals surface area contributed by atoms with E-state index in [2.05, 4.69) is 21.4 Å². The molecule has 0 spiro atoms. The van der Waals surface area contributed by atoms with Gasteiger partial charge in [0.25, 0.3) is 5.56 Å². The Labute approximate surface area is 157 Å². The molecule has 1 aliphatic carbocycles. The minimum Gasteiger partial charge on any atom is -0.476 e. The van der Waals surface area contributed by atoms with Crippen LogP contribution in [-0.2, 0) is 34.0 Å². The summed E-state index contributed by atoms with van der Waals surface area (Å²) in [5, 5.41) is 12.9. The van der Waals surface area contributed by atoms with Gasteiger partial charge >= 0.3 is 0 Å². The molecule has 0 unspecified atom stereocenters. The maximum absolute atomic E-state index is 12.4. The van der Waals surface area contributed by atoms with Crippen LogP contribution in [0.3, 0.4) is 0 Å². The molecule has 3 heterocycles. The molecular formula is C19H24N6O2. The van der Waals surface area contributed by atoms with Crippen LogP contribution in [0.15, 0.2) is 35.4 Å². The fraction of sp³-hybridized carbons (Fsp3) is 0.474. The van der Waals surface area contributed by atoms with Crippen LogP contribution in [0, 0.1) is 5.92 Å². The van der Waals surface area contributed by atoms with Crippen LogP contribution in [0.2, 0.25) is 0 Å². The molecule has 3 aromatic heterocycles. The Balaban J connectivity index is 1.39. The Morgan fingerprint density at radius 2 is 2.00 bits per heavy atom. The quantitative estimate of drug-likeness (QED) is 0.626. The number of hydrogen-bond acceptors (Lipinski definition) is 5. The van der Waals surface area contributed by atoms with Gasteiger partial charge in [-0.15, -0.1) is 5.10 Å². The number of hydrogen-bond donors (Lipinski definition) is 0. The van der Waals surface area contributed by atoms with Crippen molar-refractivity contribution in [3.63, 3.8) is 0 Å². The van der Waals surface area contributed by atoms with E-state index in [1.807, 2.05) is 35.7 Å². The van der Waals surface area contributed by atoms with E-state index in [1.165, 1.54) is 4.68 Å². The van der Waals surface area contributed by atoms with Crippen LogP contribution in [0.5, 0.6) is 5.88 Å². The largest absolute Gasteiger partial charge is 0.476 e. The molecule has 0 bridgehead atoms. The predicted molar refractivity (Wildman–Crippen MR) is 99.6 cm³/mol. The number of nitrogens with zero attached hydrogens (tertiary/aromatic N) is 6. The van der Waals surface area contributed by atoms with Gasteiger partial charge in [-0.25, -0.2) is 4.68 Å². The van der Waals surface area contributed by atoms with Crippen LogP contribution in [0.25, 0.3) is 0 Å². The highest BCUT2D eigenvalue weighted by Crippen LogP contribution is 2.46. The summed E-state index contributed by atoms with van der Waals surface area (Å²) in [6, 6.07) is 5.80. The van der Waals surface area contributed by atoms with Crippen molar-refractivity contribution >= 4 is 0 Å². The lowest BCUT2D eigenvalue weighted by Gasteiger charge is -2.09. The molecular weight excluding hydrogens is 344 g/mol. The van der Waals surface area contributed by atoms with E-state index in [0.29, 0.717) is 36.3 Å². The highest BCUT2D eigenvalue weighted by atomic mass is 16.5. The van der Waals surface area contributed by atoms with E-state index >= 15 is 0 Å². The van der Waals surface area contributed by atoms with E-state index in [1.54, 1.807) is 19.3 Å². The third-order valence-corrected chi connectivity index (χ3v) is 5.17. The molecule has 0 amide bonds. The maximum Gasteiger partial charge on any atom is 0.269 e. The van der Waals surface area contributed by atoms with Crippen molar-refractivity contribution in [2.24, 2.45) is 27.1 Å². The van der Waals surface area contributed by atoms with Gasteiger partial charge in [0.1, 0.15) is 0 Å². The molecule has 27 heavy (non-hydrogen) atoms. The average molecular weight is 368 g/mol. The van der Waals surface area contributed by atoms with Gasteiger partial charge in [-0.2, -0.15) is 10.2 Å². The molecule has 1 fully saturated rings. The number of ether oxygens (including phenoxy) is 1. The monoisotopic (exact) mass is 368 g/mol. The molecule has 2 atom stereocenters. The SMILES string of the molecule is Cn1ccc([C@H]2C[C@@H]2COc2cc(CCc3ccnn3C)c(=O)n(C)n2)n1. The van der Waals surface area contributed by atoms with Crippen LogP contribution >= 0.6 is 0 Å². The Morgan fingerprint density at radius 3 is 2.70 bits per heavy atom. The van der Waals surface area contributed by atoms with Gasteiger partial charge in [-0.3, -0.25) is 14.2 Å². The summed E-state index contributed by atoms with van der Waals surface area (Å²) in [7, 11) is 5.50. The van der Waals surface area contributed by atoms with E-state index in [9.17, 15) is 4.79 Å². The summed E-state index contributed by atoms with van der Waals surface area (Å²) in [4.78, 5) is 12.4. The second-order valence-electron chi connectivity index (χ2n) is 7.21. The molecule has 8 nitrogen and oxygen atoms in total. The van der Waals surface area contributed by atoms with Crippen molar-refractivity contribution in [2.75, 3.05) is 6.61 Å². The summed E-state index contributed by atoms with van der Waals surface area (Å²) in [5.74, 6) is 1.42. The van der Waals surface area contributed by atoms with Gasteiger partial charge in [0.05, 0.1) is 12.3 Å². The molecule has 0 saturated heterocycles. The molecule has 0 aromatic carbocycles. The second-order valence-corrected chi connectivity index (χ2v) is 7.21. The van der Waals surface area contributed by atoms with Crippen LogP contribution in [0.1, 0.15) is 29.3 Å². The van der Waals surface area contributed by atoms with Gasteiger partial charge < -0.3 is 4.74 Å². The fourth-order valence-electron chi connectivity index (χ4n) is 3.42. The number of aryl methyl sites for hydroxylation is 5. The van der Waals surface area contributed by atoms with Crippen molar-refractivity contribution in [3.8, 4) is 5.88 Å². The smallest absolute Gasteiger partial charge is 0.269 e. The van der Waals surface area contributed by atoms with Crippen molar-refractivity contribution in [2.45, 2.75) is 25.2 Å². The average Bonchev–Trinajstić information content (AvgIpc) is 3.10. The fourth-order valence-corrected chi connectivity index (χ4v) is 3.42. The lowest BCUT2D eigenvalue weighted by molar-refractivity contribution is 0.277. The first kappa shape index (κ1) is 17.5. The summed E-state index contributed by atoms with van der Waals surface area (Å²) in [5.41, 5.74) is 2.84. The molecule has 0 N–H and O–H groups in total. The maximum atomic E-state index is 12.4. The highest BCUT2D eigenvalue weighted by molar-refractivity contribution is 5.20. The lowest BCUT2D eigenvalue weighted by Crippen LogP contribution is -2.24. The van der Waals surface area contributed by atoms with Gasteiger partial charge in [0.2, 0.25) is 5.88 Å². The third kappa shape index (κ3) is 3.79. The Kier molecular flexibility index (Phi) is 4.55. The molecule has 4 rings (SSSR count). The summed E-state index contributed by atoms with van der Waals surface area (Å²) < 4.78 is 10.9. The Bertz CT molecular complexity index is 1000. The summed E-state index contributed by atoms with van der Waals surface area (Å²) >= 11 is 0. The zero-order valence-electron chi connectivity index (χ0n) is 15.9. The molecule has 3 aromatic rings. The normalized spacial score (nSPS) is 18.6. The minimum atomic E-state index is -0.0812. The zero-order chi connectivity index (χ0) is 19.0. The molecule has 8 heteroatoms. The Hall–Kier alpha value is -2.90. The molecule has 1 saturated carbocycles. The topological polar surface area (TPSA) is 79.8 Å². The highest BCUT2D eigenvalue weighted by Gasteiger charge is 2.40. The third-order valence-electron chi connectivity index (χ3n) is 5.17. The van der Waals surface area contributed by atoms with E-state index in [4.69, 9.17) is 4.74 Å². The molecule has 0 aliphatic heterocycles. The number of aromatic nitrogens is 6. The van der Waals surface area contributed by atoms with Crippen LogP contribution in [-0.4, -0.2) is 35.9 Å². The molecule has 1 aliphatic rings. The zero-order valence-corrected chi connectivity index (χ0v) is 15.9. The lowest BCUT2D eigenvalue weighted by atomic mass is 10.1. The summed E-state index contributed by atoms with van der Waals surface area (Å²) in [6.07, 6.45) is 6.19. The van der Waals surface area contributed by atoms with Gasteiger partial charge in [0.15, 0.2) is 0 Å². The minimum absolute atomic E-state index is 0.0812. The van der Waals surface area contributed by atoms with Crippen molar-refractivity contribution < 1.29 is 4.74 Å². The number of rotatable bonds is 7. The van der Waals surface area contributed by atoms with Gasteiger partial charge in [-0.05, 0) is 31.4 Å². The molecule has 0 radical (unpaired) electrons. The van der Waals surface area contributed by atoms with Crippen LogP contribution < -0.4 is 10.3 Å². The first-order chi connectivity index (χ1) is 13.0. The summed E-state index contributed by atoms with van der Waals surface area (Å²) in [6.45, 7) is 0.591.